The van der Waals surface area contributed by atoms with Gasteiger partial charge in [0.05, 0.1) is 5.60 Å². The van der Waals surface area contributed by atoms with Crippen molar-refractivity contribution in [3.8, 4) is 0 Å². The van der Waals surface area contributed by atoms with Crippen LogP contribution in [0.1, 0.15) is 52.4 Å². The van der Waals surface area contributed by atoms with Crippen LogP contribution in [0.15, 0.2) is 0 Å². The van der Waals surface area contributed by atoms with Crippen LogP contribution in [0.2, 0.25) is 0 Å². The standard InChI is InChI=1S/C13H22O/c1-12-7-8-13(2,14)11(12)9-5-3-4-6-10(9)12/h9-11,14H,3-8H2,1-2H3/t9-,10-,11-,12+,13+/m1/s1. The lowest BCUT2D eigenvalue weighted by atomic mass is 9.43. The van der Waals surface area contributed by atoms with Crippen LogP contribution in [0.25, 0.3) is 0 Å². The summed E-state index contributed by atoms with van der Waals surface area (Å²) in [6, 6.07) is 0. The van der Waals surface area contributed by atoms with Crippen LogP contribution in [0, 0.1) is 23.2 Å². The molecule has 3 fully saturated rings. The van der Waals surface area contributed by atoms with Crippen LogP contribution in [0.3, 0.4) is 0 Å². The minimum absolute atomic E-state index is 0.340. The lowest BCUT2D eigenvalue weighted by Gasteiger charge is -2.62. The molecule has 1 nitrogen and oxygen atoms in total. The van der Waals surface area contributed by atoms with E-state index in [0.29, 0.717) is 11.3 Å². The van der Waals surface area contributed by atoms with Crippen molar-refractivity contribution in [2.24, 2.45) is 23.2 Å². The van der Waals surface area contributed by atoms with Gasteiger partial charge in [0.25, 0.3) is 0 Å². The maximum absolute atomic E-state index is 10.4. The Bertz CT molecular complexity index is 258. The van der Waals surface area contributed by atoms with Gasteiger partial charge in [-0.15, -0.1) is 0 Å². The summed E-state index contributed by atoms with van der Waals surface area (Å²) in [5, 5.41) is 10.4. The van der Waals surface area contributed by atoms with Gasteiger partial charge in [-0.2, -0.15) is 0 Å². The highest BCUT2D eigenvalue weighted by molar-refractivity contribution is 5.16. The first-order chi connectivity index (χ1) is 6.56. The summed E-state index contributed by atoms with van der Waals surface area (Å²) in [5.41, 5.74) is 0.168. The van der Waals surface area contributed by atoms with Gasteiger partial charge in [-0.25, -0.2) is 0 Å². The molecule has 3 aliphatic carbocycles. The predicted molar refractivity (Wildman–Crippen MR) is 56.9 cm³/mol. The molecule has 0 aromatic carbocycles. The van der Waals surface area contributed by atoms with Gasteiger partial charge in [-0.3, -0.25) is 0 Å². The van der Waals surface area contributed by atoms with E-state index in [0.717, 1.165) is 18.3 Å². The van der Waals surface area contributed by atoms with Crippen LogP contribution in [-0.4, -0.2) is 10.7 Å². The Kier molecular flexibility index (Phi) is 1.68. The van der Waals surface area contributed by atoms with E-state index in [2.05, 4.69) is 13.8 Å². The maximum atomic E-state index is 10.4. The van der Waals surface area contributed by atoms with Gasteiger partial charge >= 0.3 is 0 Å². The molecule has 1 N–H and O–H groups in total. The van der Waals surface area contributed by atoms with Gasteiger partial charge in [-0.1, -0.05) is 19.8 Å². The molecule has 14 heavy (non-hydrogen) atoms. The molecule has 0 amide bonds. The molecule has 0 heterocycles. The molecule has 0 saturated heterocycles. The number of hydrogen-bond acceptors (Lipinski definition) is 1. The van der Waals surface area contributed by atoms with Gasteiger partial charge in [0, 0.05) is 0 Å². The van der Waals surface area contributed by atoms with E-state index in [1.165, 1.54) is 32.1 Å². The summed E-state index contributed by atoms with van der Waals surface area (Å²) in [7, 11) is 0. The number of hydrogen-bond donors (Lipinski definition) is 1. The minimum Gasteiger partial charge on any atom is -0.390 e. The van der Waals surface area contributed by atoms with Gasteiger partial charge in [0.2, 0.25) is 0 Å². The van der Waals surface area contributed by atoms with E-state index >= 15 is 0 Å². The van der Waals surface area contributed by atoms with Crippen molar-refractivity contribution in [3.63, 3.8) is 0 Å². The number of rotatable bonds is 0. The summed E-state index contributed by atoms with van der Waals surface area (Å²) in [6.07, 6.45) is 7.98. The highest BCUT2D eigenvalue weighted by Gasteiger charge is 2.67. The summed E-state index contributed by atoms with van der Waals surface area (Å²) >= 11 is 0. The van der Waals surface area contributed by atoms with E-state index in [-0.39, 0.29) is 5.60 Å². The summed E-state index contributed by atoms with van der Waals surface area (Å²) in [5.74, 6) is 2.45. The molecule has 0 aromatic heterocycles. The second-order valence-corrected chi connectivity index (χ2v) is 6.40. The van der Waals surface area contributed by atoms with Gasteiger partial charge < -0.3 is 5.11 Å². The van der Waals surface area contributed by atoms with Crippen LogP contribution >= 0.6 is 0 Å². The van der Waals surface area contributed by atoms with E-state index in [1.807, 2.05) is 0 Å². The summed E-state index contributed by atoms with van der Waals surface area (Å²) in [4.78, 5) is 0. The Morgan fingerprint density at radius 2 is 1.79 bits per heavy atom. The van der Waals surface area contributed by atoms with Crippen LogP contribution in [0.5, 0.6) is 0 Å². The zero-order chi connectivity index (χ0) is 9.97. The first-order valence-corrected chi connectivity index (χ1v) is 6.28. The zero-order valence-electron chi connectivity index (χ0n) is 9.42. The van der Waals surface area contributed by atoms with Gasteiger partial charge in [0.15, 0.2) is 0 Å². The van der Waals surface area contributed by atoms with Crippen molar-refractivity contribution in [1.29, 1.82) is 0 Å². The fraction of sp³-hybridized carbons (Fsp3) is 1.00. The molecule has 0 aromatic rings. The van der Waals surface area contributed by atoms with Crippen LogP contribution < -0.4 is 0 Å². The average molecular weight is 194 g/mol. The third-order valence-corrected chi connectivity index (χ3v) is 5.64. The Labute approximate surface area is 86.9 Å². The summed E-state index contributed by atoms with van der Waals surface area (Å²) < 4.78 is 0. The normalized spacial score (nSPS) is 61.5. The third kappa shape index (κ3) is 0.900. The van der Waals surface area contributed by atoms with Crippen LogP contribution in [0.4, 0.5) is 0 Å². The molecule has 1 heteroatoms. The lowest BCUT2D eigenvalue weighted by Crippen LogP contribution is -2.59. The SMILES string of the molecule is C[C@@]12CC[C@](C)(O)[C@@H]1[C@@H]1CCCC[C@H]12. The second-order valence-electron chi connectivity index (χ2n) is 6.40. The average Bonchev–Trinajstić information content (AvgIpc) is 2.33. The largest absolute Gasteiger partial charge is 0.390 e. The van der Waals surface area contributed by atoms with Crippen molar-refractivity contribution in [3.05, 3.63) is 0 Å². The monoisotopic (exact) mass is 194 g/mol. The van der Waals surface area contributed by atoms with Crippen molar-refractivity contribution in [2.45, 2.75) is 58.0 Å². The molecule has 3 rings (SSSR count). The third-order valence-electron chi connectivity index (χ3n) is 5.64. The van der Waals surface area contributed by atoms with Gasteiger partial charge in [0.1, 0.15) is 0 Å². The van der Waals surface area contributed by atoms with Crippen LogP contribution in [-0.2, 0) is 0 Å². The quantitative estimate of drug-likeness (QED) is 0.628. The molecule has 3 aliphatic rings. The van der Waals surface area contributed by atoms with Gasteiger partial charge in [-0.05, 0) is 55.8 Å². The molecular formula is C13H22O. The molecule has 0 spiro atoms. The van der Waals surface area contributed by atoms with Crippen molar-refractivity contribution >= 4 is 0 Å². The van der Waals surface area contributed by atoms with E-state index in [1.54, 1.807) is 0 Å². The van der Waals surface area contributed by atoms with E-state index in [9.17, 15) is 5.11 Å². The predicted octanol–water partition coefficient (Wildman–Crippen LogP) is 2.97. The molecular weight excluding hydrogens is 172 g/mol. The Morgan fingerprint density at radius 1 is 1.07 bits per heavy atom. The van der Waals surface area contributed by atoms with E-state index < -0.39 is 0 Å². The minimum atomic E-state index is -0.340. The molecule has 0 radical (unpaired) electrons. The molecule has 0 aliphatic heterocycles. The Balaban J connectivity index is 1.91. The molecule has 3 saturated carbocycles. The Hall–Kier alpha value is -0.0400. The fourth-order valence-electron chi connectivity index (χ4n) is 5.17. The highest BCUT2D eigenvalue weighted by Crippen LogP contribution is 2.70. The van der Waals surface area contributed by atoms with Crippen molar-refractivity contribution in [1.82, 2.24) is 0 Å². The highest BCUT2D eigenvalue weighted by atomic mass is 16.3. The second kappa shape index (κ2) is 2.55. The number of fused-ring (bicyclic) bond motifs is 4. The van der Waals surface area contributed by atoms with Crippen molar-refractivity contribution < 1.29 is 5.11 Å². The van der Waals surface area contributed by atoms with E-state index in [4.69, 9.17) is 0 Å². The van der Waals surface area contributed by atoms with Crippen molar-refractivity contribution in [2.75, 3.05) is 0 Å². The topological polar surface area (TPSA) is 20.2 Å². The maximum Gasteiger partial charge on any atom is 0.0656 e. The Morgan fingerprint density at radius 3 is 2.57 bits per heavy atom. The zero-order valence-corrected chi connectivity index (χ0v) is 9.42. The number of aliphatic hydroxyl groups is 1. The first-order valence-electron chi connectivity index (χ1n) is 6.28. The molecule has 0 bridgehead atoms. The fourth-order valence-corrected chi connectivity index (χ4v) is 5.17. The molecule has 5 atom stereocenters. The summed E-state index contributed by atoms with van der Waals surface area (Å²) in [6.45, 7) is 4.51. The first kappa shape index (κ1) is 9.21. The molecule has 80 valence electrons. The lowest BCUT2D eigenvalue weighted by molar-refractivity contribution is -0.174. The smallest absolute Gasteiger partial charge is 0.0656 e. The molecule has 0 unspecified atom stereocenters.